The Morgan fingerprint density at radius 3 is 2.79 bits per heavy atom. The highest BCUT2D eigenvalue weighted by Gasteiger charge is 2.20. The molecule has 24 heavy (non-hydrogen) atoms. The first-order chi connectivity index (χ1) is 11.5. The summed E-state index contributed by atoms with van der Waals surface area (Å²) in [6.07, 6.45) is 5.29. The fraction of sp³-hybridized carbons (Fsp3) is 0.278. The zero-order chi connectivity index (χ0) is 17.3. The number of hydrogen-bond donors (Lipinski definition) is 1. The molecule has 3 aromatic rings. The van der Waals surface area contributed by atoms with E-state index in [0.29, 0.717) is 11.5 Å². The Kier molecular flexibility index (Phi) is 4.66. The summed E-state index contributed by atoms with van der Waals surface area (Å²) in [4.78, 5) is 21.8. The van der Waals surface area contributed by atoms with E-state index in [9.17, 15) is 4.79 Å². The van der Waals surface area contributed by atoms with Crippen molar-refractivity contribution in [2.75, 3.05) is 5.32 Å². The molecule has 0 radical (unpaired) electrons. The topological polar surface area (TPSA) is 59.3 Å². The van der Waals surface area contributed by atoms with Gasteiger partial charge in [-0.15, -0.1) is 0 Å². The summed E-state index contributed by atoms with van der Waals surface area (Å²) in [5, 5.41) is 2.89. The van der Waals surface area contributed by atoms with Crippen molar-refractivity contribution in [1.82, 2.24) is 14.4 Å². The number of nitrogens with zero attached hydrogens (tertiary/aromatic N) is 3. The standard InChI is InChI=1S/C18H19BrN4O/c1-4-5-14-16(18(24)22-15-9-11(2)6-7-20-15)23-10-12(3)8-13(19)17(23)21-14/h6-10H,4-5H2,1-3H3,(H,20,22,24). The Morgan fingerprint density at radius 1 is 1.29 bits per heavy atom. The molecule has 0 spiro atoms. The van der Waals surface area contributed by atoms with Crippen molar-refractivity contribution in [1.29, 1.82) is 0 Å². The maximum absolute atomic E-state index is 12.9. The smallest absolute Gasteiger partial charge is 0.275 e. The summed E-state index contributed by atoms with van der Waals surface area (Å²) in [5.41, 5.74) is 4.23. The van der Waals surface area contributed by atoms with Gasteiger partial charge in [-0.05, 0) is 65.5 Å². The lowest BCUT2D eigenvalue weighted by atomic mass is 10.2. The highest BCUT2D eigenvalue weighted by molar-refractivity contribution is 9.10. The number of halogens is 1. The monoisotopic (exact) mass is 386 g/mol. The highest BCUT2D eigenvalue weighted by atomic mass is 79.9. The van der Waals surface area contributed by atoms with Gasteiger partial charge in [-0.2, -0.15) is 0 Å². The largest absolute Gasteiger partial charge is 0.305 e. The van der Waals surface area contributed by atoms with Gasteiger partial charge in [0, 0.05) is 12.4 Å². The molecule has 0 saturated carbocycles. The van der Waals surface area contributed by atoms with Crippen molar-refractivity contribution in [3.63, 3.8) is 0 Å². The van der Waals surface area contributed by atoms with Gasteiger partial charge in [-0.3, -0.25) is 9.20 Å². The summed E-state index contributed by atoms with van der Waals surface area (Å²) >= 11 is 3.54. The zero-order valence-electron chi connectivity index (χ0n) is 13.9. The fourth-order valence-corrected chi connectivity index (χ4v) is 3.35. The third-order valence-electron chi connectivity index (χ3n) is 3.74. The first kappa shape index (κ1) is 16.6. The number of imidazole rings is 1. The number of fused-ring (bicyclic) bond motifs is 1. The highest BCUT2D eigenvalue weighted by Crippen LogP contribution is 2.24. The van der Waals surface area contributed by atoms with E-state index in [-0.39, 0.29) is 5.91 Å². The van der Waals surface area contributed by atoms with Gasteiger partial charge in [0.15, 0.2) is 5.65 Å². The summed E-state index contributed by atoms with van der Waals surface area (Å²) in [6, 6.07) is 5.75. The van der Waals surface area contributed by atoms with Gasteiger partial charge in [0.05, 0.1) is 10.2 Å². The molecule has 124 valence electrons. The van der Waals surface area contributed by atoms with Crippen LogP contribution < -0.4 is 5.32 Å². The number of anilines is 1. The van der Waals surface area contributed by atoms with Gasteiger partial charge >= 0.3 is 0 Å². The lowest BCUT2D eigenvalue weighted by molar-refractivity contribution is 0.102. The maximum Gasteiger partial charge on any atom is 0.275 e. The Labute approximate surface area is 149 Å². The normalized spacial score (nSPS) is 11.0. The second-order valence-electron chi connectivity index (χ2n) is 5.89. The maximum atomic E-state index is 12.9. The second kappa shape index (κ2) is 6.73. The molecule has 6 heteroatoms. The number of carbonyl (C=O) groups excluding carboxylic acids is 1. The molecular weight excluding hydrogens is 368 g/mol. The Balaban J connectivity index is 2.09. The molecule has 0 aliphatic heterocycles. The molecule has 0 unspecified atom stereocenters. The summed E-state index contributed by atoms with van der Waals surface area (Å²) < 4.78 is 2.74. The first-order valence-electron chi connectivity index (χ1n) is 7.90. The van der Waals surface area contributed by atoms with Crippen LogP contribution in [0.15, 0.2) is 35.1 Å². The third kappa shape index (κ3) is 3.19. The van der Waals surface area contributed by atoms with Gasteiger partial charge in [0.2, 0.25) is 0 Å². The van der Waals surface area contributed by atoms with Crippen molar-refractivity contribution < 1.29 is 4.79 Å². The van der Waals surface area contributed by atoms with Gasteiger partial charge in [-0.1, -0.05) is 13.3 Å². The van der Waals surface area contributed by atoms with Crippen LogP contribution >= 0.6 is 15.9 Å². The van der Waals surface area contributed by atoms with Crippen molar-refractivity contribution in [3.05, 3.63) is 57.6 Å². The number of carbonyl (C=O) groups is 1. The first-order valence-corrected chi connectivity index (χ1v) is 8.70. The van der Waals surface area contributed by atoms with Crippen molar-refractivity contribution in [2.45, 2.75) is 33.6 Å². The molecule has 1 amide bonds. The van der Waals surface area contributed by atoms with Crippen LogP contribution in [0.25, 0.3) is 5.65 Å². The van der Waals surface area contributed by atoms with Crippen molar-refractivity contribution >= 4 is 33.3 Å². The number of pyridine rings is 2. The van der Waals surface area contributed by atoms with Crippen molar-refractivity contribution in [3.8, 4) is 0 Å². The minimum atomic E-state index is -0.193. The zero-order valence-corrected chi connectivity index (χ0v) is 15.5. The van der Waals surface area contributed by atoms with E-state index in [1.54, 1.807) is 6.20 Å². The van der Waals surface area contributed by atoms with Crippen LogP contribution in [0.4, 0.5) is 5.82 Å². The number of nitrogens with one attached hydrogen (secondary N) is 1. The van der Waals surface area contributed by atoms with E-state index in [4.69, 9.17) is 0 Å². The van der Waals surface area contributed by atoms with E-state index >= 15 is 0 Å². The molecule has 0 fully saturated rings. The number of hydrogen-bond acceptors (Lipinski definition) is 3. The summed E-state index contributed by atoms with van der Waals surface area (Å²) in [7, 11) is 0. The van der Waals surface area contributed by atoms with Crippen LogP contribution in [-0.2, 0) is 6.42 Å². The number of aryl methyl sites for hydroxylation is 3. The van der Waals surface area contributed by atoms with Crippen LogP contribution in [-0.4, -0.2) is 20.3 Å². The van der Waals surface area contributed by atoms with Crippen LogP contribution in [0.2, 0.25) is 0 Å². The van der Waals surface area contributed by atoms with Crippen LogP contribution in [0.3, 0.4) is 0 Å². The van der Waals surface area contributed by atoms with E-state index in [1.807, 2.05) is 42.6 Å². The minimum absolute atomic E-state index is 0.193. The molecule has 0 aliphatic carbocycles. The molecular formula is C18H19BrN4O. The van der Waals surface area contributed by atoms with E-state index in [0.717, 1.165) is 39.8 Å². The number of aromatic nitrogens is 3. The average Bonchev–Trinajstić information content (AvgIpc) is 2.86. The van der Waals surface area contributed by atoms with Crippen molar-refractivity contribution in [2.24, 2.45) is 0 Å². The third-order valence-corrected chi connectivity index (χ3v) is 4.33. The van der Waals surface area contributed by atoms with E-state index in [2.05, 4.69) is 38.1 Å². The Morgan fingerprint density at radius 2 is 2.08 bits per heavy atom. The number of amides is 1. The molecule has 3 rings (SSSR count). The minimum Gasteiger partial charge on any atom is -0.305 e. The van der Waals surface area contributed by atoms with Crippen LogP contribution in [0, 0.1) is 13.8 Å². The van der Waals surface area contributed by atoms with Crippen LogP contribution in [0.5, 0.6) is 0 Å². The Bertz CT molecular complexity index is 917. The van der Waals surface area contributed by atoms with Gasteiger partial charge in [0.25, 0.3) is 5.91 Å². The molecule has 1 N–H and O–H groups in total. The van der Waals surface area contributed by atoms with E-state index < -0.39 is 0 Å². The molecule has 3 heterocycles. The summed E-state index contributed by atoms with van der Waals surface area (Å²) in [5.74, 6) is 0.352. The number of rotatable bonds is 4. The summed E-state index contributed by atoms with van der Waals surface area (Å²) in [6.45, 7) is 6.04. The van der Waals surface area contributed by atoms with Gasteiger partial charge in [-0.25, -0.2) is 9.97 Å². The molecule has 5 nitrogen and oxygen atoms in total. The van der Waals surface area contributed by atoms with Crippen LogP contribution in [0.1, 0.15) is 40.7 Å². The molecule has 0 aliphatic rings. The quantitative estimate of drug-likeness (QED) is 0.726. The second-order valence-corrected chi connectivity index (χ2v) is 6.74. The average molecular weight is 387 g/mol. The predicted octanol–water partition coefficient (Wildman–Crippen LogP) is 4.31. The van der Waals surface area contributed by atoms with Gasteiger partial charge < -0.3 is 5.32 Å². The molecule has 0 bridgehead atoms. The fourth-order valence-electron chi connectivity index (χ4n) is 2.71. The Hall–Kier alpha value is -2.21. The van der Waals surface area contributed by atoms with Gasteiger partial charge in [0.1, 0.15) is 11.5 Å². The molecule has 0 saturated heterocycles. The molecule has 3 aromatic heterocycles. The lowest BCUT2D eigenvalue weighted by Gasteiger charge is -2.08. The molecule has 0 aromatic carbocycles. The predicted molar refractivity (Wildman–Crippen MR) is 98.6 cm³/mol. The molecule has 0 atom stereocenters. The SMILES string of the molecule is CCCc1nc2c(Br)cc(C)cn2c1C(=O)Nc1cc(C)ccn1. The van der Waals surface area contributed by atoms with E-state index in [1.165, 1.54) is 0 Å². The lowest BCUT2D eigenvalue weighted by Crippen LogP contribution is -2.17.